The predicted octanol–water partition coefficient (Wildman–Crippen LogP) is 6.02. The number of hydrogen-bond donors (Lipinski definition) is 1. The van der Waals surface area contributed by atoms with Gasteiger partial charge in [0.15, 0.2) is 11.5 Å². The van der Waals surface area contributed by atoms with E-state index in [-0.39, 0.29) is 17.9 Å². The molecule has 2 aromatic rings. The average Bonchev–Trinajstić information content (AvgIpc) is 2.61. The number of benzene rings is 2. The molecule has 0 aliphatic heterocycles. The van der Waals surface area contributed by atoms with Crippen molar-refractivity contribution in [2.75, 3.05) is 6.61 Å². The van der Waals surface area contributed by atoms with Crippen LogP contribution < -0.4 is 14.8 Å². The van der Waals surface area contributed by atoms with Crippen LogP contribution in [0.2, 0.25) is 5.02 Å². The maximum atomic E-state index is 6.19. The number of halogens is 2. The number of nitrogens with one attached hydrogen (secondary N) is 1. The molecule has 26 heavy (non-hydrogen) atoms. The summed E-state index contributed by atoms with van der Waals surface area (Å²) < 4.78 is 11.7. The highest BCUT2D eigenvalue weighted by Crippen LogP contribution is 2.30. The van der Waals surface area contributed by atoms with Crippen LogP contribution >= 0.6 is 24.0 Å². The zero-order valence-corrected chi connectivity index (χ0v) is 17.5. The van der Waals surface area contributed by atoms with Gasteiger partial charge < -0.3 is 14.8 Å². The van der Waals surface area contributed by atoms with E-state index in [1.807, 2.05) is 43.3 Å². The highest BCUT2D eigenvalue weighted by molar-refractivity contribution is 6.31. The fraction of sp³-hybridized carbons (Fsp3) is 0.429. The summed E-state index contributed by atoms with van der Waals surface area (Å²) in [6, 6.07) is 13.8. The molecule has 5 heteroatoms. The first-order chi connectivity index (χ1) is 11.9. The minimum absolute atomic E-state index is 0. The SMILES string of the molecule is CCOc1cc(CNC(C)(C)CC)ccc1OCc1ccccc1Cl.Cl. The summed E-state index contributed by atoms with van der Waals surface area (Å²) in [7, 11) is 0. The third-order valence-electron chi connectivity index (χ3n) is 4.30. The summed E-state index contributed by atoms with van der Waals surface area (Å²) in [6.45, 7) is 10.4. The quantitative estimate of drug-likeness (QED) is 0.561. The van der Waals surface area contributed by atoms with Crippen LogP contribution in [0.4, 0.5) is 0 Å². The Kier molecular flexibility index (Phi) is 9.28. The second kappa shape index (κ2) is 10.7. The number of hydrogen-bond acceptors (Lipinski definition) is 3. The molecule has 0 unspecified atom stereocenters. The fourth-order valence-electron chi connectivity index (χ4n) is 2.29. The molecule has 0 bridgehead atoms. The van der Waals surface area contributed by atoms with E-state index in [0.717, 1.165) is 30.0 Å². The van der Waals surface area contributed by atoms with Crippen LogP contribution in [0.3, 0.4) is 0 Å². The van der Waals surface area contributed by atoms with E-state index in [1.54, 1.807) is 0 Å². The molecule has 0 radical (unpaired) electrons. The van der Waals surface area contributed by atoms with Crippen LogP contribution in [-0.4, -0.2) is 12.1 Å². The number of rotatable bonds is 9. The molecule has 0 spiro atoms. The first-order valence-corrected chi connectivity index (χ1v) is 9.20. The van der Waals surface area contributed by atoms with Crippen molar-refractivity contribution in [3.05, 3.63) is 58.6 Å². The first-order valence-electron chi connectivity index (χ1n) is 8.82. The van der Waals surface area contributed by atoms with E-state index in [1.165, 1.54) is 5.56 Å². The van der Waals surface area contributed by atoms with Crippen LogP contribution in [0.15, 0.2) is 42.5 Å². The second-order valence-electron chi connectivity index (χ2n) is 6.69. The van der Waals surface area contributed by atoms with Gasteiger partial charge in [0.1, 0.15) is 6.61 Å². The summed E-state index contributed by atoms with van der Waals surface area (Å²) in [5.74, 6) is 1.50. The van der Waals surface area contributed by atoms with Gasteiger partial charge in [-0.1, -0.05) is 42.8 Å². The van der Waals surface area contributed by atoms with Crippen molar-refractivity contribution in [3.63, 3.8) is 0 Å². The van der Waals surface area contributed by atoms with Crippen LogP contribution in [0, 0.1) is 0 Å². The van der Waals surface area contributed by atoms with Crippen LogP contribution in [0.5, 0.6) is 11.5 Å². The average molecular weight is 398 g/mol. The van der Waals surface area contributed by atoms with Gasteiger partial charge in [0.2, 0.25) is 0 Å². The molecule has 0 aliphatic carbocycles. The fourth-order valence-corrected chi connectivity index (χ4v) is 2.48. The molecule has 0 saturated heterocycles. The minimum Gasteiger partial charge on any atom is -0.490 e. The Hall–Kier alpha value is -1.42. The lowest BCUT2D eigenvalue weighted by atomic mass is 10.0. The largest absolute Gasteiger partial charge is 0.490 e. The van der Waals surface area contributed by atoms with Crippen LogP contribution in [-0.2, 0) is 13.2 Å². The lowest BCUT2D eigenvalue weighted by Crippen LogP contribution is -2.37. The molecule has 1 N–H and O–H groups in total. The molecule has 2 rings (SSSR count). The van der Waals surface area contributed by atoms with Gasteiger partial charge in [0, 0.05) is 22.7 Å². The maximum Gasteiger partial charge on any atom is 0.161 e. The Bertz CT molecular complexity index is 689. The van der Waals surface area contributed by atoms with Crippen molar-refractivity contribution < 1.29 is 9.47 Å². The Morgan fingerprint density at radius 2 is 1.73 bits per heavy atom. The van der Waals surface area contributed by atoms with Crippen LogP contribution in [0.25, 0.3) is 0 Å². The van der Waals surface area contributed by atoms with Crippen molar-refractivity contribution in [2.45, 2.75) is 52.8 Å². The standard InChI is InChI=1S/C21H28ClNO2.ClH/c1-5-21(3,4)23-14-16-11-12-19(20(13-16)24-6-2)25-15-17-9-7-8-10-18(17)22;/h7-13,23H,5-6,14-15H2,1-4H3;1H. The lowest BCUT2D eigenvalue weighted by molar-refractivity contribution is 0.269. The first kappa shape index (κ1) is 22.6. The van der Waals surface area contributed by atoms with E-state index in [9.17, 15) is 0 Å². The van der Waals surface area contributed by atoms with Crippen molar-refractivity contribution >= 4 is 24.0 Å². The number of ether oxygens (including phenoxy) is 2. The predicted molar refractivity (Wildman–Crippen MR) is 112 cm³/mol. The third-order valence-corrected chi connectivity index (χ3v) is 4.67. The Morgan fingerprint density at radius 3 is 2.38 bits per heavy atom. The molecular weight excluding hydrogens is 369 g/mol. The van der Waals surface area contributed by atoms with Gasteiger partial charge in [-0.15, -0.1) is 12.4 Å². The van der Waals surface area contributed by atoms with Crippen molar-refractivity contribution in [1.29, 1.82) is 0 Å². The van der Waals surface area contributed by atoms with Gasteiger partial charge in [-0.2, -0.15) is 0 Å². The van der Waals surface area contributed by atoms with Gasteiger partial charge in [0.05, 0.1) is 6.61 Å². The van der Waals surface area contributed by atoms with Gasteiger partial charge in [-0.25, -0.2) is 0 Å². The Balaban J connectivity index is 0.00000338. The summed E-state index contributed by atoms with van der Waals surface area (Å²) in [5.41, 5.74) is 2.25. The Labute approximate surface area is 168 Å². The molecule has 0 saturated carbocycles. The molecule has 2 aromatic carbocycles. The van der Waals surface area contributed by atoms with Crippen molar-refractivity contribution in [3.8, 4) is 11.5 Å². The third kappa shape index (κ3) is 6.71. The summed E-state index contributed by atoms with van der Waals surface area (Å²) in [4.78, 5) is 0. The molecule has 0 atom stereocenters. The normalized spacial score (nSPS) is 11.0. The summed E-state index contributed by atoms with van der Waals surface area (Å²) in [6.07, 6.45) is 1.07. The molecular formula is C21H29Cl2NO2. The molecule has 0 fully saturated rings. The highest BCUT2D eigenvalue weighted by Gasteiger charge is 2.14. The summed E-state index contributed by atoms with van der Waals surface area (Å²) >= 11 is 6.19. The molecule has 0 aromatic heterocycles. The van der Waals surface area contributed by atoms with Gasteiger partial charge >= 0.3 is 0 Å². The van der Waals surface area contributed by atoms with Gasteiger partial charge in [-0.3, -0.25) is 0 Å². The van der Waals surface area contributed by atoms with E-state index < -0.39 is 0 Å². The second-order valence-corrected chi connectivity index (χ2v) is 7.09. The lowest BCUT2D eigenvalue weighted by Gasteiger charge is -2.25. The van der Waals surface area contributed by atoms with Crippen LogP contribution in [0.1, 0.15) is 45.2 Å². The molecule has 0 heterocycles. The zero-order valence-electron chi connectivity index (χ0n) is 16.0. The topological polar surface area (TPSA) is 30.5 Å². The smallest absolute Gasteiger partial charge is 0.161 e. The molecule has 3 nitrogen and oxygen atoms in total. The monoisotopic (exact) mass is 397 g/mol. The van der Waals surface area contributed by atoms with Crippen molar-refractivity contribution in [1.82, 2.24) is 5.32 Å². The van der Waals surface area contributed by atoms with E-state index in [2.05, 4.69) is 32.2 Å². The molecule has 0 amide bonds. The minimum atomic E-state index is 0. The van der Waals surface area contributed by atoms with E-state index in [4.69, 9.17) is 21.1 Å². The van der Waals surface area contributed by atoms with Crippen molar-refractivity contribution in [2.24, 2.45) is 0 Å². The Morgan fingerprint density at radius 1 is 1.00 bits per heavy atom. The van der Waals surface area contributed by atoms with E-state index in [0.29, 0.717) is 18.2 Å². The molecule has 144 valence electrons. The maximum absolute atomic E-state index is 6.19. The molecule has 0 aliphatic rings. The van der Waals surface area contributed by atoms with Gasteiger partial charge in [-0.05, 0) is 51.0 Å². The summed E-state index contributed by atoms with van der Waals surface area (Å²) in [5, 5.41) is 4.28. The highest BCUT2D eigenvalue weighted by atomic mass is 35.5. The van der Waals surface area contributed by atoms with Gasteiger partial charge in [0.25, 0.3) is 0 Å². The zero-order chi connectivity index (χ0) is 18.3. The van der Waals surface area contributed by atoms with E-state index >= 15 is 0 Å².